The van der Waals surface area contributed by atoms with E-state index in [9.17, 15) is 4.79 Å². The maximum atomic E-state index is 11.4. The van der Waals surface area contributed by atoms with Crippen LogP contribution in [0.4, 0.5) is 0 Å². The number of piperidine rings is 1. The van der Waals surface area contributed by atoms with E-state index in [1.165, 1.54) is 32.1 Å². The Hall–Kier alpha value is -0.570. The van der Waals surface area contributed by atoms with E-state index in [0.29, 0.717) is 5.92 Å². The SMILES string of the molecule is NC(=O)C1CCNCC1C1CCCCC1. The summed E-state index contributed by atoms with van der Waals surface area (Å²) in [4.78, 5) is 11.4. The van der Waals surface area contributed by atoms with Gasteiger partial charge >= 0.3 is 0 Å². The second-order valence-corrected chi connectivity index (χ2v) is 5.06. The molecule has 0 radical (unpaired) electrons. The minimum absolute atomic E-state index is 0.0768. The van der Waals surface area contributed by atoms with Crippen LogP contribution in [-0.2, 0) is 4.79 Å². The fourth-order valence-corrected chi connectivity index (χ4v) is 3.29. The van der Waals surface area contributed by atoms with Gasteiger partial charge in [0, 0.05) is 5.92 Å². The molecule has 86 valence electrons. The van der Waals surface area contributed by atoms with E-state index in [1.807, 2.05) is 0 Å². The van der Waals surface area contributed by atoms with Gasteiger partial charge < -0.3 is 11.1 Å². The summed E-state index contributed by atoms with van der Waals surface area (Å²) in [5.74, 6) is 1.31. The zero-order valence-electron chi connectivity index (χ0n) is 9.37. The average molecular weight is 210 g/mol. The molecule has 1 saturated carbocycles. The van der Waals surface area contributed by atoms with E-state index < -0.39 is 0 Å². The zero-order chi connectivity index (χ0) is 10.7. The summed E-state index contributed by atoms with van der Waals surface area (Å²) >= 11 is 0. The van der Waals surface area contributed by atoms with Gasteiger partial charge in [-0.05, 0) is 31.3 Å². The first-order valence-electron chi connectivity index (χ1n) is 6.29. The second kappa shape index (κ2) is 4.97. The van der Waals surface area contributed by atoms with E-state index in [4.69, 9.17) is 5.73 Å². The van der Waals surface area contributed by atoms with Gasteiger partial charge in [0.05, 0.1) is 0 Å². The molecular weight excluding hydrogens is 188 g/mol. The predicted molar refractivity (Wildman–Crippen MR) is 60.2 cm³/mol. The molecule has 15 heavy (non-hydrogen) atoms. The van der Waals surface area contributed by atoms with Crippen LogP contribution in [0.5, 0.6) is 0 Å². The maximum Gasteiger partial charge on any atom is 0.220 e. The number of carbonyl (C=O) groups excluding carboxylic acids is 1. The Morgan fingerprint density at radius 3 is 2.53 bits per heavy atom. The van der Waals surface area contributed by atoms with Crippen LogP contribution in [0.2, 0.25) is 0 Å². The van der Waals surface area contributed by atoms with Gasteiger partial charge in [0.15, 0.2) is 0 Å². The number of carbonyl (C=O) groups is 1. The smallest absolute Gasteiger partial charge is 0.220 e. The largest absolute Gasteiger partial charge is 0.369 e. The number of hydrogen-bond donors (Lipinski definition) is 2. The number of nitrogens with one attached hydrogen (secondary N) is 1. The molecule has 3 nitrogen and oxygen atoms in total. The van der Waals surface area contributed by atoms with E-state index >= 15 is 0 Å². The first kappa shape index (κ1) is 10.9. The highest BCUT2D eigenvalue weighted by atomic mass is 16.1. The van der Waals surface area contributed by atoms with Gasteiger partial charge in [-0.15, -0.1) is 0 Å². The second-order valence-electron chi connectivity index (χ2n) is 5.06. The number of rotatable bonds is 2. The van der Waals surface area contributed by atoms with Gasteiger partial charge in [-0.1, -0.05) is 32.1 Å². The van der Waals surface area contributed by atoms with Crippen molar-refractivity contribution in [1.29, 1.82) is 0 Å². The average Bonchev–Trinajstić information content (AvgIpc) is 2.30. The Kier molecular flexibility index (Phi) is 3.62. The Morgan fingerprint density at radius 2 is 1.87 bits per heavy atom. The summed E-state index contributed by atoms with van der Waals surface area (Å²) in [5, 5.41) is 3.41. The van der Waals surface area contributed by atoms with E-state index in [-0.39, 0.29) is 11.8 Å². The highest BCUT2D eigenvalue weighted by Gasteiger charge is 2.35. The fourth-order valence-electron chi connectivity index (χ4n) is 3.29. The van der Waals surface area contributed by atoms with Crippen molar-refractivity contribution in [3.63, 3.8) is 0 Å². The third-order valence-electron chi connectivity index (χ3n) is 4.15. The summed E-state index contributed by atoms with van der Waals surface area (Å²) in [6, 6.07) is 0. The number of primary amides is 1. The minimum Gasteiger partial charge on any atom is -0.369 e. The lowest BCUT2D eigenvalue weighted by atomic mass is 9.71. The van der Waals surface area contributed by atoms with Gasteiger partial charge in [-0.3, -0.25) is 4.79 Å². The first-order chi connectivity index (χ1) is 7.29. The molecule has 3 heteroatoms. The molecule has 1 saturated heterocycles. The molecule has 0 aromatic rings. The quantitative estimate of drug-likeness (QED) is 0.721. The van der Waals surface area contributed by atoms with E-state index in [2.05, 4.69) is 5.32 Å². The topological polar surface area (TPSA) is 55.1 Å². The van der Waals surface area contributed by atoms with Gasteiger partial charge in [-0.2, -0.15) is 0 Å². The van der Waals surface area contributed by atoms with Crippen molar-refractivity contribution in [2.24, 2.45) is 23.5 Å². The molecule has 0 bridgehead atoms. The van der Waals surface area contributed by atoms with Crippen molar-refractivity contribution in [1.82, 2.24) is 5.32 Å². The maximum absolute atomic E-state index is 11.4. The third kappa shape index (κ3) is 2.51. The zero-order valence-corrected chi connectivity index (χ0v) is 9.37. The van der Waals surface area contributed by atoms with Crippen molar-refractivity contribution >= 4 is 5.91 Å². The molecule has 0 aromatic carbocycles. The van der Waals surface area contributed by atoms with Gasteiger partial charge in [-0.25, -0.2) is 0 Å². The van der Waals surface area contributed by atoms with Crippen molar-refractivity contribution < 1.29 is 4.79 Å². The predicted octanol–water partition coefficient (Wildman–Crippen LogP) is 1.28. The standard InChI is InChI=1S/C12H22N2O/c13-12(15)10-6-7-14-8-11(10)9-4-2-1-3-5-9/h9-11,14H,1-8H2,(H2,13,15). The summed E-state index contributed by atoms with van der Waals surface area (Å²) in [5.41, 5.74) is 5.50. The highest BCUT2D eigenvalue weighted by Crippen LogP contribution is 2.36. The molecule has 1 aliphatic carbocycles. The first-order valence-corrected chi connectivity index (χ1v) is 6.29. The molecule has 1 amide bonds. The van der Waals surface area contributed by atoms with Crippen LogP contribution >= 0.6 is 0 Å². The third-order valence-corrected chi connectivity index (χ3v) is 4.15. The van der Waals surface area contributed by atoms with Crippen molar-refractivity contribution in [3.8, 4) is 0 Å². The molecule has 0 spiro atoms. The van der Waals surface area contributed by atoms with Crippen LogP contribution in [0.3, 0.4) is 0 Å². The molecule has 2 rings (SSSR count). The van der Waals surface area contributed by atoms with Crippen LogP contribution in [0.15, 0.2) is 0 Å². The van der Waals surface area contributed by atoms with E-state index in [0.717, 1.165) is 25.4 Å². The highest BCUT2D eigenvalue weighted by molar-refractivity contribution is 5.77. The Bertz CT molecular complexity index is 224. The van der Waals surface area contributed by atoms with Crippen LogP contribution in [0, 0.1) is 17.8 Å². The van der Waals surface area contributed by atoms with Crippen molar-refractivity contribution in [2.75, 3.05) is 13.1 Å². The molecule has 0 aromatic heterocycles. The van der Waals surface area contributed by atoms with E-state index in [1.54, 1.807) is 0 Å². The van der Waals surface area contributed by atoms with Crippen molar-refractivity contribution in [2.45, 2.75) is 38.5 Å². The molecule has 2 unspecified atom stereocenters. The van der Waals surface area contributed by atoms with Crippen LogP contribution in [-0.4, -0.2) is 19.0 Å². The molecular formula is C12H22N2O. The molecule has 1 aliphatic heterocycles. The molecule has 3 N–H and O–H groups in total. The monoisotopic (exact) mass is 210 g/mol. The lowest BCUT2D eigenvalue weighted by Crippen LogP contribution is -2.46. The number of nitrogens with two attached hydrogens (primary N) is 1. The van der Waals surface area contributed by atoms with Gasteiger partial charge in [0.2, 0.25) is 5.91 Å². The number of amides is 1. The molecule has 2 fully saturated rings. The van der Waals surface area contributed by atoms with Gasteiger partial charge in [0.25, 0.3) is 0 Å². The Labute approximate surface area is 91.8 Å². The lowest BCUT2D eigenvalue weighted by Gasteiger charge is -2.37. The molecule has 2 atom stereocenters. The van der Waals surface area contributed by atoms with Crippen LogP contribution in [0.1, 0.15) is 38.5 Å². The lowest BCUT2D eigenvalue weighted by molar-refractivity contribution is -0.125. The number of hydrogen-bond acceptors (Lipinski definition) is 2. The fraction of sp³-hybridized carbons (Fsp3) is 0.917. The van der Waals surface area contributed by atoms with Gasteiger partial charge in [0.1, 0.15) is 0 Å². The summed E-state index contributed by atoms with van der Waals surface area (Å²) in [6.45, 7) is 1.95. The van der Waals surface area contributed by atoms with Crippen molar-refractivity contribution in [3.05, 3.63) is 0 Å². The van der Waals surface area contributed by atoms with Crippen LogP contribution in [0.25, 0.3) is 0 Å². The summed E-state index contributed by atoms with van der Waals surface area (Å²) in [7, 11) is 0. The normalized spacial score (nSPS) is 33.9. The molecule has 1 heterocycles. The Morgan fingerprint density at radius 1 is 1.13 bits per heavy atom. The Balaban J connectivity index is 1.99. The summed E-state index contributed by atoms with van der Waals surface area (Å²) < 4.78 is 0. The molecule has 2 aliphatic rings. The summed E-state index contributed by atoms with van der Waals surface area (Å²) in [6.07, 6.45) is 7.60. The minimum atomic E-state index is -0.0768. The van der Waals surface area contributed by atoms with Crippen LogP contribution < -0.4 is 11.1 Å².